The molecule has 0 bridgehead atoms. The molecule has 0 aromatic heterocycles. The van der Waals surface area contributed by atoms with Gasteiger partial charge in [0.2, 0.25) is 0 Å². The minimum absolute atomic E-state index is 0.213. The zero-order valence-electron chi connectivity index (χ0n) is 8.48. The van der Waals surface area contributed by atoms with Gasteiger partial charge in [0.25, 0.3) is 0 Å². The van der Waals surface area contributed by atoms with Crippen LogP contribution in [0.2, 0.25) is 0 Å². The van der Waals surface area contributed by atoms with Gasteiger partial charge in [0, 0.05) is 0 Å². The minimum Gasteiger partial charge on any atom is -0.295 e. The molecule has 0 aromatic rings. The van der Waals surface area contributed by atoms with Gasteiger partial charge < -0.3 is 0 Å². The molecule has 0 saturated carbocycles. The number of hydrogen-bond donors (Lipinski definition) is 0. The average Bonchev–Trinajstić information content (AvgIpc) is 2.23. The summed E-state index contributed by atoms with van der Waals surface area (Å²) < 4.78 is -1.90. The molecule has 2 nitrogen and oxygen atoms in total. The van der Waals surface area contributed by atoms with Crippen LogP contribution in [0, 0.1) is 0 Å². The lowest BCUT2D eigenvalue weighted by Gasteiger charge is -2.21. The Hall–Kier alpha value is 1.74. The van der Waals surface area contributed by atoms with E-state index in [1.807, 2.05) is 0 Å². The van der Waals surface area contributed by atoms with Crippen LogP contribution in [0.5, 0.6) is 0 Å². The molecule has 0 aliphatic rings. The Labute approximate surface area is 137 Å². The molecule has 0 spiro atoms. The molecular formula is C9H11Br5O2. The second-order valence-electron chi connectivity index (χ2n) is 3.21. The molecule has 0 aromatic carbocycles. The number of rotatable bonds is 7. The first-order chi connectivity index (χ1) is 7.25. The number of hydrogen-bond acceptors (Lipinski definition) is 2. The molecular weight excluding hydrogens is 540 g/mol. The average molecular weight is 551 g/mol. The van der Waals surface area contributed by atoms with E-state index in [1.165, 1.54) is 0 Å². The van der Waals surface area contributed by atoms with Crippen molar-refractivity contribution in [2.75, 3.05) is 0 Å². The van der Waals surface area contributed by atoms with E-state index in [0.29, 0.717) is 0 Å². The first-order valence-electron chi connectivity index (χ1n) is 4.63. The monoisotopic (exact) mass is 546 g/mol. The summed E-state index contributed by atoms with van der Waals surface area (Å²) >= 11 is 15.7. The van der Waals surface area contributed by atoms with Gasteiger partial charge in [-0.15, -0.1) is 0 Å². The third kappa shape index (κ3) is 5.16. The van der Waals surface area contributed by atoms with Gasteiger partial charge in [-0.2, -0.15) is 0 Å². The predicted molar refractivity (Wildman–Crippen MR) is 84.5 cm³/mol. The van der Waals surface area contributed by atoms with Crippen LogP contribution in [-0.4, -0.2) is 23.4 Å². The van der Waals surface area contributed by atoms with Crippen molar-refractivity contribution in [1.29, 1.82) is 0 Å². The van der Waals surface area contributed by atoms with Crippen LogP contribution in [0.25, 0.3) is 0 Å². The van der Waals surface area contributed by atoms with Gasteiger partial charge in [0.1, 0.15) is 3.74 Å². The molecule has 1 unspecified atom stereocenters. The Morgan fingerprint density at radius 3 is 2.00 bits per heavy atom. The molecule has 94 valence electrons. The summed E-state index contributed by atoms with van der Waals surface area (Å²) in [5.74, 6) is -0.520. The lowest BCUT2D eigenvalue weighted by Crippen LogP contribution is -2.41. The topological polar surface area (TPSA) is 34.1 Å². The van der Waals surface area contributed by atoms with E-state index in [9.17, 15) is 9.59 Å². The highest BCUT2D eigenvalue weighted by Crippen LogP contribution is 2.36. The largest absolute Gasteiger partial charge is 0.295 e. The number of carbonyl (C=O) groups is 2. The van der Waals surface area contributed by atoms with Gasteiger partial charge >= 0.3 is 0 Å². The maximum atomic E-state index is 12.0. The van der Waals surface area contributed by atoms with Gasteiger partial charge in [-0.05, 0) is 6.42 Å². The van der Waals surface area contributed by atoms with Gasteiger partial charge in [-0.3, -0.25) is 9.59 Å². The van der Waals surface area contributed by atoms with Gasteiger partial charge in [0.15, 0.2) is 14.8 Å². The Morgan fingerprint density at radius 2 is 1.62 bits per heavy atom. The van der Waals surface area contributed by atoms with Crippen molar-refractivity contribution >= 4 is 91.2 Å². The maximum absolute atomic E-state index is 12.0. The third-order valence-corrected chi connectivity index (χ3v) is 5.18. The van der Waals surface area contributed by atoms with E-state index in [1.54, 1.807) is 0 Å². The summed E-state index contributed by atoms with van der Waals surface area (Å²) in [4.78, 5) is 23.4. The van der Waals surface area contributed by atoms with Crippen LogP contribution in [0.1, 0.15) is 26.2 Å². The summed E-state index contributed by atoms with van der Waals surface area (Å²) in [6.45, 7) is 2.05. The fourth-order valence-electron chi connectivity index (χ4n) is 0.970. The molecule has 1 atom stereocenters. The Morgan fingerprint density at radius 1 is 1.12 bits per heavy atom. The fourth-order valence-corrected chi connectivity index (χ4v) is 5.18. The summed E-state index contributed by atoms with van der Waals surface area (Å²) in [6, 6.07) is 0. The molecule has 0 saturated heterocycles. The smallest absolute Gasteiger partial charge is 0.199 e. The molecule has 0 heterocycles. The predicted octanol–water partition coefficient (Wildman–Crippen LogP) is 4.68. The lowest BCUT2D eigenvalue weighted by molar-refractivity contribution is -0.125. The number of alkyl halides is 5. The van der Waals surface area contributed by atoms with Crippen LogP contribution in [-0.2, 0) is 9.59 Å². The van der Waals surface area contributed by atoms with E-state index < -0.39 is 6.97 Å². The van der Waals surface area contributed by atoms with E-state index in [2.05, 4.69) is 86.6 Å². The lowest BCUT2D eigenvalue weighted by atomic mass is 10.1. The SMILES string of the molecule is CCCCC(Br)C(=O)C(Br)(Br)C(=O)C(Br)Br. The Kier molecular flexibility index (Phi) is 8.89. The molecule has 0 aliphatic heterocycles. The summed E-state index contributed by atoms with van der Waals surface area (Å²) in [5, 5.41) is 0. The molecule has 0 radical (unpaired) electrons. The highest BCUT2D eigenvalue weighted by molar-refractivity contribution is 9.27. The summed E-state index contributed by atoms with van der Waals surface area (Å²) in [6.07, 6.45) is 2.68. The van der Waals surface area contributed by atoms with Crippen molar-refractivity contribution in [2.45, 2.75) is 38.0 Å². The van der Waals surface area contributed by atoms with Crippen molar-refractivity contribution in [3.05, 3.63) is 0 Å². The number of Topliss-reactive ketones (excluding diaryl/α,β-unsaturated/α-hetero) is 2. The van der Waals surface area contributed by atoms with Crippen molar-refractivity contribution in [3.63, 3.8) is 0 Å². The third-order valence-electron chi connectivity index (χ3n) is 1.91. The highest BCUT2D eigenvalue weighted by atomic mass is 79.9. The van der Waals surface area contributed by atoms with Crippen LogP contribution < -0.4 is 0 Å². The molecule has 0 fully saturated rings. The maximum Gasteiger partial charge on any atom is 0.199 e. The second kappa shape index (κ2) is 8.02. The van der Waals surface area contributed by atoms with E-state index in [-0.39, 0.29) is 16.4 Å². The van der Waals surface area contributed by atoms with Crippen molar-refractivity contribution < 1.29 is 9.59 Å². The minimum atomic E-state index is -1.33. The first kappa shape index (κ1) is 17.7. The van der Waals surface area contributed by atoms with Crippen molar-refractivity contribution in [2.24, 2.45) is 0 Å². The Bertz CT molecular complexity index is 265. The van der Waals surface area contributed by atoms with Crippen LogP contribution in [0.3, 0.4) is 0 Å². The Balaban J connectivity index is 4.62. The van der Waals surface area contributed by atoms with Crippen LogP contribution >= 0.6 is 79.6 Å². The van der Waals surface area contributed by atoms with E-state index in [4.69, 9.17) is 0 Å². The molecule has 0 aliphatic carbocycles. The van der Waals surface area contributed by atoms with E-state index >= 15 is 0 Å². The molecule has 0 rings (SSSR count). The summed E-state index contributed by atoms with van der Waals surface area (Å²) in [5.41, 5.74) is 0. The normalized spacial score (nSPS) is 13.9. The number of halogens is 5. The standard InChI is InChI=1S/C9H11Br5O2/c1-2-3-4-5(10)6(15)9(13,14)7(16)8(11)12/h5,8H,2-4H2,1H3. The summed E-state index contributed by atoms with van der Waals surface area (Å²) in [7, 11) is 0. The van der Waals surface area contributed by atoms with Gasteiger partial charge in [0.05, 0.1) is 4.83 Å². The quantitative estimate of drug-likeness (QED) is 0.341. The van der Waals surface area contributed by atoms with Gasteiger partial charge in [-0.25, -0.2) is 0 Å². The number of carbonyl (C=O) groups excluding carboxylic acids is 2. The molecule has 0 amide bonds. The zero-order valence-corrected chi connectivity index (χ0v) is 16.4. The van der Waals surface area contributed by atoms with Crippen molar-refractivity contribution in [1.82, 2.24) is 0 Å². The van der Waals surface area contributed by atoms with E-state index in [0.717, 1.165) is 19.3 Å². The first-order valence-corrected chi connectivity index (χ1v) is 8.97. The second-order valence-corrected chi connectivity index (χ2v) is 10.8. The van der Waals surface area contributed by atoms with Gasteiger partial charge in [-0.1, -0.05) is 99.4 Å². The zero-order chi connectivity index (χ0) is 12.9. The molecule has 0 N–H and O–H groups in total. The molecule has 7 heteroatoms. The number of unbranched alkanes of at least 4 members (excludes halogenated alkanes) is 1. The van der Waals surface area contributed by atoms with Crippen LogP contribution in [0.4, 0.5) is 0 Å². The van der Waals surface area contributed by atoms with Crippen molar-refractivity contribution in [3.8, 4) is 0 Å². The highest BCUT2D eigenvalue weighted by Gasteiger charge is 2.44. The fraction of sp³-hybridized carbons (Fsp3) is 0.778. The number of ketones is 2. The van der Waals surface area contributed by atoms with Crippen LogP contribution in [0.15, 0.2) is 0 Å². The molecule has 16 heavy (non-hydrogen) atoms.